The summed E-state index contributed by atoms with van der Waals surface area (Å²) in [5.74, 6) is 0. The Bertz CT molecular complexity index is 689. The number of amides is 1. The Labute approximate surface area is 153 Å². The third kappa shape index (κ3) is 3.97. The fourth-order valence-electron chi connectivity index (χ4n) is 3.31. The highest BCUT2D eigenvalue weighted by atomic mass is 32.1. The maximum atomic E-state index is 12.3. The van der Waals surface area contributed by atoms with Gasteiger partial charge >= 0.3 is 6.09 Å². The SMILES string of the molecule is [C-]#[N+]c1scc([C@@H]2CN3CCN(C(=O)OC(C)(C)C)C[C@H]3CO2)c1C. The van der Waals surface area contributed by atoms with Gasteiger partial charge in [-0.2, -0.15) is 11.3 Å². The molecule has 2 aliphatic rings. The molecule has 2 saturated heterocycles. The van der Waals surface area contributed by atoms with Gasteiger partial charge in [0.05, 0.1) is 25.3 Å². The van der Waals surface area contributed by atoms with Crippen LogP contribution in [0.2, 0.25) is 0 Å². The first-order chi connectivity index (χ1) is 11.8. The van der Waals surface area contributed by atoms with Gasteiger partial charge in [0.2, 0.25) is 5.00 Å². The Balaban J connectivity index is 1.61. The lowest BCUT2D eigenvalue weighted by molar-refractivity contribution is -0.0906. The molecule has 0 aliphatic carbocycles. The molecule has 0 bridgehead atoms. The fourth-order valence-corrected chi connectivity index (χ4v) is 4.23. The summed E-state index contributed by atoms with van der Waals surface area (Å²) >= 11 is 1.49. The van der Waals surface area contributed by atoms with Gasteiger partial charge in [-0.25, -0.2) is 9.64 Å². The minimum atomic E-state index is -0.473. The number of piperazine rings is 1. The molecule has 1 amide bonds. The predicted octanol–water partition coefficient (Wildman–Crippen LogP) is 3.60. The Hall–Kier alpha value is -1.62. The normalized spacial score (nSPS) is 24.5. The van der Waals surface area contributed by atoms with Crippen molar-refractivity contribution in [1.82, 2.24) is 9.80 Å². The molecule has 3 rings (SSSR count). The number of nitrogens with zero attached hydrogens (tertiary/aromatic N) is 3. The zero-order valence-corrected chi connectivity index (χ0v) is 16.1. The van der Waals surface area contributed by atoms with E-state index in [1.54, 1.807) is 4.90 Å². The second-order valence-corrected chi connectivity index (χ2v) is 8.49. The molecule has 136 valence electrons. The van der Waals surface area contributed by atoms with E-state index in [0.29, 0.717) is 19.7 Å². The van der Waals surface area contributed by atoms with Crippen LogP contribution in [0.3, 0.4) is 0 Å². The molecule has 0 spiro atoms. The van der Waals surface area contributed by atoms with Crippen molar-refractivity contribution in [3.05, 3.63) is 27.9 Å². The molecule has 0 unspecified atom stereocenters. The zero-order valence-electron chi connectivity index (χ0n) is 15.2. The highest BCUT2D eigenvalue weighted by Gasteiger charge is 2.37. The smallest absolute Gasteiger partial charge is 0.410 e. The van der Waals surface area contributed by atoms with Crippen LogP contribution < -0.4 is 0 Å². The first-order valence-electron chi connectivity index (χ1n) is 8.57. The predicted molar refractivity (Wildman–Crippen MR) is 97.2 cm³/mol. The number of carbonyl (C=O) groups is 1. The van der Waals surface area contributed by atoms with Gasteiger partial charge in [-0.15, -0.1) is 0 Å². The zero-order chi connectivity index (χ0) is 18.2. The molecule has 25 heavy (non-hydrogen) atoms. The Morgan fingerprint density at radius 2 is 2.16 bits per heavy atom. The van der Waals surface area contributed by atoms with Gasteiger partial charge in [0.1, 0.15) is 5.60 Å². The van der Waals surface area contributed by atoms with E-state index >= 15 is 0 Å². The van der Waals surface area contributed by atoms with Crippen LogP contribution in [0.25, 0.3) is 4.85 Å². The highest BCUT2D eigenvalue weighted by Crippen LogP contribution is 2.37. The first kappa shape index (κ1) is 18.2. The molecular formula is C18H25N3O3S. The van der Waals surface area contributed by atoms with Crippen molar-refractivity contribution in [3.63, 3.8) is 0 Å². The summed E-state index contributed by atoms with van der Waals surface area (Å²) in [6.45, 7) is 18.4. The first-order valence-corrected chi connectivity index (χ1v) is 9.45. The largest absolute Gasteiger partial charge is 0.444 e. The number of carbonyl (C=O) groups excluding carboxylic acids is 1. The van der Waals surface area contributed by atoms with E-state index in [9.17, 15) is 4.79 Å². The number of rotatable bonds is 1. The van der Waals surface area contributed by atoms with Gasteiger partial charge in [-0.3, -0.25) is 4.90 Å². The molecule has 2 aliphatic heterocycles. The van der Waals surface area contributed by atoms with Crippen molar-refractivity contribution >= 4 is 22.4 Å². The number of hydrogen-bond donors (Lipinski definition) is 0. The highest BCUT2D eigenvalue weighted by molar-refractivity contribution is 7.14. The van der Waals surface area contributed by atoms with Crippen LogP contribution >= 0.6 is 11.3 Å². The topological polar surface area (TPSA) is 46.4 Å². The summed E-state index contributed by atoms with van der Waals surface area (Å²) in [5, 5.41) is 2.79. The van der Waals surface area contributed by atoms with Crippen molar-refractivity contribution < 1.29 is 14.3 Å². The van der Waals surface area contributed by atoms with E-state index in [2.05, 4.69) is 9.74 Å². The minimum Gasteiger partial charge on any atom is -0.444 e. The van der Waals surface area contributed by atoms with Gasteiger partial charge in [0.15, 0.2) is 0 Å². The van der Waals surface area contributed by atoms with E-state index in [1.807, 2.05) is 33.1 Å². The molecule has 6 nitrogen and oxygen atoms in total. The number of thiophene rings is 1. The van der Waals surface area contributed by atoms with Crippen molar-refractivity contribution in [2.24, 2.45) is 0 Å². The molecule has 1 aromatic rings. The fraction of sp³-hybridized carbons (Fsp3) is 0.667. The summed E-state index contributed by atoms with van der Waals surface area (Å²) in [4.78, 5) is 20.0. The number of ether oxygens (including phenoxy) is 2. The van der Waals surface area contributed by atoms with Gasteiger partial charge in [-0.1, -0.05) is 0 Å². The monoisotopic (exact) mass is 363 g/mol. The molecule has 0 saturated carbocycles. The maximum Gasteiger partial charge on any atom is 0.410 e. The summed E-state index contributed by atoms with van der Waals surface area (Å²) < 4.78 is 11.6. The molecule has 2 atom stereocenters. The third-order valence-corrected chi connectivity index (χ3v) is 5.64. The Morgan fingerprint density at radius 3 is 2.80 bits per heavy atom. The number of fused-ring (bicyclic) bond motifs is 1. The lowest BCUT2D eigenvalue weighted by Crippen LogP contribution is -2.60. The Morgan fingerprint density at radius 1 is 1.40 bits per heavy atom. The molecule has 7 heteroatoms. The standard InChI is InChI=1S/C18H25N3O3S/c1-12-14(11-25-16(12)19-5)15-9-20-6-7-21(8-13(20)10-23-15)17(22)24-18(2,3)4/h11,13,15H,6-10H2,1-4H3/t13-,15-/m0/s1. The van der Waals surface area contributed by atoms with Crippen LogP contribution in [0.1, 0.15) is 38.0 Å². The van der Waals surface area contributed by atoms with Gasteiger partial charge in [-0.05, 0) is 44.2 Å². The van der Waals surface area contributed by atoms with Crippen molar-refractivity contribution in [1.29, 1.82) is 0 Å². The maximum absolute atomic E-state index is 12.3. The molecule has 3 heterocycles. The van der Waals surface area contributed by atoms with Crippen molar-refractivity contribution in [2.75, 3.05) is 32.8 Å². The van der Waals surface area contributed by atoms with Crippen LogP contribution in [0.4, 0.5) is 9.80 Å². The summed E-state index contributed by atoms with van der Waals surface area (Å²) in [6, 6.07) is 0.205. The number of hydrogen-bond acceptors (Lipinski definition) is 5. The van der Waals surface area contributed by atoms with Crippen LogP contribution in [0.5, 0.6) is 0 Å². The molecule has 1 aromatic heterocycles. The molecule has 0 aromatic carbocycles. The molecular weight excluding hydrogens is 338 g/mol. The van der Waals surface area contributed by atoms with Crippen LogP contribution in [-0.2, 0) is 9.47 Å². The second-order valence-electron chi connectivity index (χ2n) is 7.63. The summed E-state index contributed by atoms with van der Waals surface area (Å²) in [5.41, 5.74) is 1.69. The van der Waals surface area contributed by atoms with E-state index in [0.717, 1.165) is 29.2 Å². The Kier molecular flexibility index (Phi) is 5.05. The van der Waals surface area contributed by atoms with E-state index in [4.69, 9.17) is 16.0 Å². The average Bonchev–Trinajstić information content (AvgIpc) is 2.93. The summed E-state index contributed by atoms with van der Waals surface area (Å²) in [7, 11) is 0. The molecule has 0 N–H and O–H groups in total. The van der Waals surface area contributed by atoms with E-state index in [1.165, 1.54) is 11.3 Å². The molecule has 0 radical (unpaired) electrons. The summed E-state index contributed by atoms with van der Waals surface area (Å²) in [6.07, 6.45) is -0.235. The average molecular weight is 363 g/mol. The van der Waals surface area contributed by atoms with Crippen molar-refractivity contribution in [2.45, 2.75) is 45.4 Å². The lowest BCUT2D eigenvalue weighted by atomic mass is 10.0. The third-order valence-electron chi connectivity index (χ3n) is 4.65. The van der Waals surface area contributed by atoms with E-state index < -0.39 is 5.60 Å². The van der Waals surface area contributed by atoms with Gasteiger partial charge in [0.25, 0.3) is 0 Å². The van der Waals surface area contributed by atoms with Crippen LogP contribution in [0, 0.1) is 13.5 Å². The minimum absolute atomic E-state index is 0.0103. The van der Waals surface area contributed by atoms with Gasteiger partial charge < -0.3 is 14.4 Å². The number of morpholine rings is 1. The second kappa shape index (κ2) is 6.94. The molecule has 2 fully saturated rings. The van der Waals surface area contributed by atoms with E-state index in [-0.39, 0.29) is 18.2 Å². The van der Waals surface area contributed by atoms with Crippen LogP contribution in [0.15, 0.2) is 5.38 Å². The van der Waals surface area contributed by atoms with Crippen molar-refractivity contribution in [3.8, 4) is 0 Å². The quantitative estimate of drug-likeness (QED) is 0.715. The van der Waals surface area contributed by atoms with Crippen LogP contribution in [-0.4, -0.2) is 60.3 Å². The lowest BCUT2D eigenvalue weighted by Gasteiger charge is -2.46. The van der Waals surface area contributed by atoms with Gasteiger partial charge in [0, 0.05) is 26.2 Å².